The second-order valence-corrected chi connectivity index (χ2v) is 8.39. The van der Waals surface area contributed by atoms with Gasteiger partial charge in [0, 0.05) is 0 Å². The Bertz CT molecular complexity index is 1380. The Morgan fingerprint density at radius 1 is 1.18 bits per heavy atom. The normalized spacial score (nSPS) is 15.6. The molecule has 0 saturated heterocycles. The van der Waals surface area contributed by atoms with Gasteiger partial charge in [0.15, 0.2) is 4.80 Å². The second kappa shape index (κ2) is 9.83. The number of aromatic nitrogens is 1. The highest BCUT2D eigenvalue weighted by atomic mass is 32.1. The fourth-order valence-corrected chi connectivity index (χ4v) is 4.76. The molecule has 7 heteroatoms. The van der Waals surface area contributed by atoms with E-state index in [-0.39, 0.29) is 12.2 Å². The number of thiazole rings is 1. The van der Waals surface area contributed by atoms with Crippen molar-refractivity contribution in [2.45, 2.75) is 19.9 Å². The van der Waals surface area contributed by atoms with Crippen LogP contribution >= 0.6 is 11.3 Å². The molecule has 1 atom stereocenters. The summed E-state index contributed by atoms with van der Waals surface area (Å²) in [7, 11) is 0. The summed E-state index contributed by atoms with van der Waals surface area (Å²) in [6.45, 7) is 7.85. The minimum Gasteiger partial charge on any atom is -0.490 e. The molecule has 0 spiro atoms. The summed E-state index contributed by atoms with van der Waals surface area (Å²) in [5, 5.41) is 0. The lowest BCUT2D eigenvalue weighted by molar-refractivity contribution is -0.139. The first-order chi connectivity index (χ1) is 16.0. The van der Waals surface area contributed by atoms with Crippen LogP contribution in [-0.4, -0.2) is 23.8 Å². The molecule has 0 bridgehead atoms. The van der Waals surface area contributed by atoms with Gasteiger partial charge in [-0.1, -0.05) is 66.5 Å². The second-order valence-electron chi connectivity index (χ2n) is 7.38. The number of rotatable bonds is 7. The van der Waals surface area contributed by atoms with E-state index in [0.29, 0.717) is 27.2 Å². The number of hydrogen-bond acceptors (Lipinski definition) is 6. The van der Waals surface area contributed by atoms with Crippen LogP contribution in [0.2, 0.25) is 0 Å². The van der Waals surface area contributed by atoms with Crippen LogP contribution < -0.4 is 19.6 Å². The van der Waals surface area contributed by atoms with Crippen LogP contribution in [0.25, 0.3) is 6.08 Å². The molecule has 3 aromatic rings. The zero-order valence-electron chi connectivity index (χ0n) is 18.5. The van der Waals surface area contributed by atoms with Gasteiger partial charge in [0.25, 0.3) is 5.56 Å². The van der Waals surface area contributed by atoms with Crippen LogP contribution in [0.5, 0.6) is 5.75 Å². The standard InChI is InChI=1S/C26H24N2O4S/c1-4-15-32-20-13-11-18(12-14-20)16-21-24(29)28-23(19-9-7-6-8-10-19)22(25(30)31-5-2)17(3)27-26(28)33-21/h4,6-14,16,23H,1,5,15H2,2-3H3/b21-16+/t23-/m0/s1. The van der Waals surface area contributed by atoms with Gasteiger partial charge in [-0.3, -0.25) is 9.36 Å². The smallest absolute Gasteiger partial charge is 0.338 e. The highest BCUT2D eigenvalue weighted by Gasteiger charge is 2.33. The Kier molecular flexibility index (Phi) is 6.70. The Hall–Kier alpha value is -3.71. The van der Waals surface area contributed by atoms with E-state index >= 15 is 0 Å². The number of hydrogen-bond donors (Lipinski definition) is 0. The summed E-state index contributed by atoms with van der Waals surface area (Å²) in [6.07, 6.45) is 3.51. The topological polar surface area (TPSA) is 69.9 Å². The number of esters is 1. The minimum absolute atomic E-state index is 0.200. The summed E-state index contributed by atoms with van der Waals surface area (Å²) in [5.41, 5.74) is 2.42. The van der Waals surface area contributed by atoms with Crippen molar-refractivity contribution in [3.63, 3.8) is 0 Å². The van der Waals surface area contributed by atoms with Crippen molar-refractivity contribution in [3.8, 4) is 5.75 Å². The van der Waals surface area contributed by atoms with Gasteiger partial charge in [0.2, 0.25) is 0 Å². The molecule has 6 nitrogen and oxygen atoms in total. The summed E-state index contributed by atoms with van der Waals surface area (Å²) in [5.74, 6) is 0.268. The van der Waals surface area contributed by atoms with Crippen LogP contribution in [0.1, 0.15) is 31.0 Å². The van der Waals surface area contributed by atoms with E-state index in [1.807, 2.05) is 60.7 Å². The monoisotopic (exact) mass is 460 g/mol. The number of nitrogens with zero attached hydrogens (tertiary/aromatic N) is 2. The molecular weight excluding hydrogens is 436 g/mol. The van der Waals surface area contributed by atoms with Gasteiger partial charge < -0.3 is 9.47 Å². The molecule has 0 saturated carbocycles. The van der Waals surface area contributed by atoms with E-state index in [9.17, 15) is 9.59 Å². The average Bonchev–Trinajstić information content (AvgIpc) is 3.12. The van der Waals surface area contributed by atoms with Crippen LogP contribution in [0.3, 0.4) is 0 Å². The number of carbonyl (C=O) groups excluding carboxylic acids is 1. The molecule has 0 fully saturated rings. The molecule has 4 rings (SSSR count). The SMILES string of the molecule is C=CCOc1ccc(/C=c2/sc3n(c2=O)[C@@H](c2ccccc2)C(C(=O)OCC)=C(C)N=3)cc1. The molecule has 0 N–H and O–H groups in total. The van der Waals surface area contributed by atoms with Gasteiger partial charge in [-0.05, 0) is 43.2 Å². The van der Waals surface area contributed by atoms with Crippen molar-refractivity contribution in [2.24, 2.45) is 4.99 Å². The highest BCUT2D eigenvalue weighted by Crippen LogP contribution is 2.30. The van der Waals surface area contributed by atoms with Crippen LogP contribution in [-0.2, 0) is 9.53 Å². The minimum atomic E-state index is -0.599. The maximum Gasteiger partial charge on any atom is 0.338 e. The fourth-order valence-electron chi connectivity index (χ4n) is 3.71. The average molecular weight is 461 g/mol. The number of carbonyl (C=O) groups is 1. The predicted octanol–water partition coefficient (Wildman–Crippen LogP) is 3.36. The summed E-state index contributed by atoms with van der Waals surface area (Å²) in [6, 6.07) is 16.4. The third kappa shape index (κ3) is 4.59. The van der Waals surface area contributed by atoms with Gasteiger partial charge in [-0.25, -0.2) is 9.79 Å². The molecule has 0 unspecified atom stereocenters. The van der Waals surface area contributed by atoms with Crippen molar-refractivity contribution < 1.29 is 14.3 Å². The lowest BCUT2D eigenvalue weighted by atomic mass is 9.96. The number of allylic oxidation sites excluding steroid dienone is 1. The molecule has 33 heavy (non-hydrogen) atoms. The van der Waals surface area contributed by atoms with Gasteiger partial charge >= 0.3 is 5.97 Å². The van der Waals surface area contributed by atoms with Crippen LogP contribution in [0.4, 0.5) is 0 Å². The summed E-state index contributed by atoms with van der Waals surface area (Å²) >= 11 is 1.30. The number of fused-ring (bicyclic) bond motifs is 1. The number of benzene rings is 2. The number of ether oxygens (including phenoxy) is 2. The molecule has 168 valence electrons. The first-order valence-electron chi connectivity index (χ1n) is 10.6. The van der Waals surface area contributed by atoms with Crippen LogP contribution in [0.15, 0.2) is 88.3 Å². The van der Waals surface area contributed by atoms with Crippen molar-refractivity contribution in [1.29, 1.82) is 0 Å². The summed E-state index contributed by atoms with van der Waals surface area (Å²) in [4.78, 5) is 31.5. The molecule has 1 aliphatic heterocycles. The van der Waals surface area contributed by atoms with E-state index in [1.54, 1.807) is 24.5 Å². The van der Waals surface area contributed by atoms with Gasteiger partial charge in [0.05, 0.1) is 28.5 Å². The van der Waals surface area contributed by atoms with E-state index in [4.69, 9.17) is 9.47 Å². The van der Waals surface area contributed by atoms with Crippen molar-refractivity contribution >= 4 is 23.4 Å². The molecule has 0 amide bonds. The Labute approximate surface area is 195 Å². The van der Waals surface area contributed by atoms with Gasteiger partial charge in [0.1, 0.15) is 12.4 Å². The molecule has 2 heterocycles. The lowest BCUT2D eigenvalue weighted by Crippen LogP contribution is -2.39. The maximum atomic E-state index is 13.5. The fraction of sp³-hybridized carbons (Fsp3) is 0.192. The molecular formula is C26H24N2O4S. The highest BCUT2D eigenvalue weighted by molar-refractivity contribution is 7.07. The maximum absolute atomic E-state index is 13.5. The zero-order chi connectivity index (χ0) is 23.4. The molecule has 0 radical (unpaired) electrons. The van der Waals surface area contributed by atoms with Crippen molar-refractivity contribution in [2.75, 3.05) is 13.2 Å². The molecule has 1 aliphatic rings. The quantitative estimate of drug-likeness (QED) is 0.401. The molecule has 1 aromatic heterocycles. The van der Waals surface area contributed by atoms with E-state index in [0.717, 1.165) is 16.9 Å². The first-order valence-corrected chi connectivity index (χ1v) is 11.4. The van der Waals surface area contributed by atoms with Crippen molar-refractivity contribution in [3.05, 3.63) is 109 Å². The third-order valence-corrected chi connectivity index (χ3v) is 6.16. The van der Waals surface area contributed by atoms with E-state index in [1.165, 1.54) is 11.3 Å². The van der Waals surface area contributed by atoms with Crippen LogP contribution in [0, 0.1) is 0 Å². The first kappa shape index (κ1) is 22.5. The van der Waals surface area contributed by atoms with Gasteiger partial charge in [-0.2, -0.15) is 0 Å². The largest absolute Gasteiger partial charge is 0.490 e. The zero-order valence-corrected chi connectivity index (χ0v) is 19.3. The summed E-state index contributed by atoms with van der Waals surface area (Å²) < 4.78 is 12.9. The van der Waals surface area contributed by atoms with E-state index < -0.39 is 12.0 Å². The lowest BCUT2D eigenvalue weighted by Gasteiger charge is -2.24. The third-order valence-electron chi connectivity index (χ3n) is 5.18. The Balaban J connectivity index is 1.83. The van der Waals surface area contributed by atoms with Gasteiger partial charge in [-0.15, -0.1) is 0 Å². The molecule has 0 aliphatic carbocycles. The Morgan fingerprint density at radius 2 is 1.91 bits per heavy atom. The van der Waals surface area contributed by atoms with E-state index in [2.05, 4.69) is 11.6 Å². The Morgan fingerprint density at radius 3 is 2.58 bits per heavy atom. The predicted molar refractivity (Wildman–Crippen MR) is 129 cm³/mol. The molecule has 2 aromatic carbocycles. The van der Waals surface area contributed by atoms with Crippen molar-refractivity contribution in [1.82, 2.24) is 4.57 Å².